The predicted molar refractivity (Wildman–Crippen MR) is 66.2 cm³/mol. The van der Waals surface area contributed by atoms with E-state index >= 15 is 0 Å². The molecule has 0 saturated heterocycles. The summed E-state index contributed by atoms with van der Waals surface area (Å²) in [6, 6.07) is 0. The van der Waals surface area contributed by atoms with Crippen LogP contribution in [0, 0.1) is 6.92 Å². The number of unbranched alkanes of at least 4 members (excludes halogenated alkanes) is 2. The maximum atomic E-state index is 3.75. The third kappa shape index (κ3) is 11.2. The zero-order valence-electron chi connectivity index (χ0n) is 9.41. The Hall–Kier alpha value is -0.780. The normalized spacial score (nSPS) is 12.4. The van der Waals surface area contributed by atoms with E-state index in [9.17, 15) is 0 Å². The van der Waals surface area contributed by atoms with Crippen molar-refractivity contribution in [2.24, 2.45) is 0 Å². The Bertz CT molecular complexity index is 172. The van der Waals surface area contributed by atoms with Crippen LogP contribution in [0.4, 0.5) is 0 Å². The second-order valence-corrected chi connectivity index (χ2v) is 3.28. The molecule has 0 bridgehead atoms. The van der Waals surface area contributed by atoms with Gasteiger partial charge in [-0.2, -0.15) is 0 Å². The average Bonchev–Trinajstić information content (AvgIpc) is 2.21. The summed E-state index contributed by atoms with van der Waals surface area (Å²) in [6.45, 7) is 5.91. The molecule has 79 valence electrons. The molecule has 0 saturated carbocycles. The van der Waals surface area contributed by atoms with E-state index in [0.717, 1.165) is 19.3 Å². The summed E-state index contributed by atoms with van der Waals surface area (Å²) in [5.41, 5.74) is 0. The van der Waals surface area contributed by atoms with Crippen molar-refractivity contribution >= 4 is 0 Å². The molecule has 0 nitrogen and oxygen atoms in total. The smallest absolute Gasteiger partial charge is 0.0169 e. The summed E-state index contributed by atoms with van der Waals surface area (Å²) in [5.74, 6) is 0. The first-order valence-electron chi connectivity index (χ1n) is 5.66. The Balaban J connectivity index is 3.18. The molecule has 0 aliphatic rings. The molecule has 0 spiro atoms. The maximum absolute atomic E-state index is 3.75. The van der Waals surface area contributed by atoms with Crippen molar-refractivity contribution in [2.75, 3.05) is 0 Å². The van der Waals surface area contributed by atoms with Gasteiger partial charge >= 0.3 is 0 Å². The number of allylic oxidation sites excluding steroid dienone is 6. The van der Waals surface area contributed by atoms with Crippen LogP contribution in [0.2, 0.25) is 0 Å². The van der Waals surface area contributed by atoms with E-state index in [-0.39, 0.29) is 0 Å². The first-order chi connectivity index (χ1) is 6.91. The van der Waals surface area contributed by atoms with Crippen LogP contribution in [0.1, 0.15) is 45.4 Å². The van der Waals surface area contributed by atoms with Crippen molar-refractivity contribution in [3.8, 4) is 0 Å². The highest BCUT2D eigenvalue weighted by molar-refractivity contribution is 4.92. The zero-order chi connectivity index (χ0) is 10.5. The van der Waals surface area contributed by atoms with E-state index in [1.54, 1.807) is 0 Å². The summed E-state index contributed by atoms with van der Waals surface area (Å²) in [7, 11) is 0. The molecule has 0 aromatic rings. The van der Waals surface area contributed by atoms with Crippen LogP contribution in [-0.2, 0) is 0 Å². The third-order valence-electron chi connectivity index (χ3n) is 1.92. The number of hydrogen-bond donors (Lipinski definition) is 0. The SMILES string of the molecule is [CH2]CC=CCCCC=CCC=CCC. The van der Waals surface area contributed by atoms with Crippen LogP contribution < -0.4 is 0 Å². The minimum Gasteiger partial charge on any atom is -0.0885 e. The van der Waals surface area contributed by atoms with Crippen LogP contribution in [0.15, 0.2) is 36.5 Å². The zero-order valence-corrected chi connectivity index (χ0v) is 9.41. The van der Waals surface area contributed by atoms with Gasteiger partial charge in [0.2, 0.25) is 0 Å². The molecular weight excluding hydrogens is 168 g/mol. The molecule has 0 heteroatoms. The van der Waals surface area contributed by atoms with Crippen molar-refractivity contribution in [3.63, 3.8) is 0 Å². The predicted octanol–water partition coefficient (Wildman–Crippen LogP) is 4.85. The second kappa shape index (κ2) is 12.2. The summed E-state index contributed by atoms with van der Waals surface area (Å²) < 4.78 is 0. The Morgan fingerprint density at radius 1 is 0.857 bits per heavy atom. The molecule has 1 radical (unpaired) electrons. The summed E-state index contributed by atoms with van der Waals surface area (Å²) in [4.78, 5) is 0. The van der Waals surface area contributed by atoms with Gasteiger partial charge in [-0.05, 0) is 45.4 Å². The van der Waals surface area contributed by atoms with Crippen LogP contribution in [0.25, 0.3) is 0 Å². The maximum Gasteiger partial charge on any atom is -0.0169 e. The lowest BCUT2D eigenvalue weighted by Gasteiger charge is -1.89. The number of hydrogen-bond acceptors (Lipinski definition) is 0. The van der Waals surface area contributed by atoms with Gasteiger partial charge in [-0.25, -0.2) is 0 Å². The minimum atomic E-state index is 0.914. The van der Waals surface area contributed by atoms with E-state index in [0.29, 0.717) is 0 Å². The first-order valence-corrected chi connectivity index (χ1v) is 5.66. The monoisotopic (exact) mass is 191 g/mol. The lowest BCUT2D eigenvalue weighted by atomic mass is 10.2. The minimum absolute atomic E-state index is 0.914. The van der Waals surface area contributed by atoms with Crippen LogP contribution in [0.3, 0.4) is 0 Å². The third-order valence-corrected chi connectivity index (χ3v) is 1.92. The van der Waals surface area contributed by atoms with Gasteiger partial charge in [0.05, 0.1) is 0 Å². The van der Waals surface area contributed by atoms with Crippen molar-refractivity contribution in [2.45, 2.75) is 45.4 Å². The van der Waals surface area contributed by atoms with Gasteiger partial charge < -0.3 is 0 Å². The summed E-state index contributed by atoms with van der Waals surface area (Å²) in [5, 5.41) is 0. The van der Waals surface area contributed by atoms with Crippen molar-refractivity contribution in [1.82, 2.24) is 0 Å². The Morgan fingerprint density at radius 3 is 2.14 bits per heavy atom. The largest absolute Gasteiger partial charge is 0.0885 e. The highest BCUT2D eigenvalue weighted by Gasteiger charge is 1.79. The molecule has 0 atom stereocenters. The quantitative estimate of drug-likeness (QED) is 0.380. The molecule has 0 fully saturated rings. The standard InChI is InChI=1S/C14H23/c1-3-5-7-9-11-13-14-12-10-8-6-4-2/h5-8,12,14H,1,3-4,9-11,13H2,2H3. The van der Waals surface area contributed by atoms with Crippen molar-refractivity contribution < 1.29 is 0 Å². The van der Waals surface area contributed by atoms with E-state index in [1.165, 1.54) is 19.3 Å². The number of rotatable bonds is 8. The average molecular weight is 191 g/mol. The van der Waals surface area contributed by atoms with Crippen LogP contribution in [-0.4, -0.2) is 0 Å². The van der Waals surface area contributed by atoms with Crippen molar-refractivity contribution in [1.29, 1.82) is 0 Å². The van der Waals surface area contributed by atoms with Gasteiger partial charge in [-0.1, -0.05) is 43.4 Å². The lowest BCUT2D eigenvalue weighted by Crippen LogP contribution is -1.69. The Kier molecular flexibility index (Phi) is 11.5. The fourth-order valence-electron chi connectivity index (χ4n) is 1.14. The van der Waals surface area contributed by atoms with Crippen molar-refractivity contribution in [3.05, 3.63) is 43.4 Å². The van der Waals surface area contributed by atoms with Crippen LogP contribution >= 0.6 is 0 Å². The molecule has 0 aromatic carbocycles. The molecule has 0 aliphatic heterocycles. The Morgan fingerprint density at radius 2 is 1.50 bits per heavy atom. The van der Waals surface area contributed by atoms with E-state index in [1.807, 2.05) is 0 Å². The molecule has 0 amide bonds. The van der Waals surface area contributed by atoms with Gasteiger partial charge in [-0.15, -0.1) is 0 Å². The molecule has 14 heavy (non-hydrogen) atoms. The van der Waals surface area contributed by atoms with Gasteiger partial charge in [0, 0.05) is 0 Å². The van der Waals surface area contributed by atoms with E-state index in [2.05, 4.69) is 50.3 Å². The van der Waals surface area contributed by atoms with Gasteiger partial charge in [0.25, 0.3) is 0 Å². The molecule has 0 aromatic heterocycles. The molecule has 0 rings (SSSR count). The van der Waals surface area contributed by atoms with E-state index < -0.39 is 0 Å². The van der Waals surface area contributed by atoms with Gasteiger partial charge in [0.1, 0.15) is 0 Å². The molecule has 0 heterocycles. The Labute approximate surface area is 89.4 Å². The highest BCUT2D eigenvalue weighted by Crippen LogP contribution is 1.99. The first kappa shape index (κ1) is 13.2. The fourth-order valence-corrected chi connectivity index (χ4v) is 1.14. The summed E-state index contributed by atoms with van der Waals surface area (Å²) >= 11 is 0. The highest BCUT2D eigenvalue weighted by atomic mass is 13.9. The van der Waals surface area contributed by atoms with Crippen LogP contribution in [0.5, 0.6) is 0 Å². The molecular formula is C14H23. The lowest BCUT2D eigenvalue weighted by molar-refractivity contribution is 0.864. The van der Waals surface area contributed by atoms with E-state index in [4.69, 9.17) is 0 Å². The van der Waals surface area contributed by atoms with Gasteiger partial charge in [-0.3, -0.25) is 0 Å². The molecule has 0 unspecified atom stereocenters. The molecule has 0 aliphatic carbocycles. The molecule has 0 N–H and O–H groups in total. The second-order valence-electron chi connectivity index (χ2n) is 3.28. The van der Waals surface area contributed by atoms with Gasteiger partial charge in [0.15, 0.2) is 0 Å². The fraction of sp³-hybridized carbons (Fsp3) is 0.500. The topological polar surface area (TPSA) is 0 Å². The summed E-state index contributed by atoms with van der Waals surface area (Å²) in [6.07, 6.45) is 20.1.